The SMILES string of the molecule is COc1ccc([C@H](C)NC(=O)COc2ccc(Cl)cc2)cc1OC. The van der Waals surface area contributed by atoms with Gasteiger partial charge in [0.15, 0.2) is 18.1 Å². The average molecular weight is 350 g/mol. The highest BCUT2D eigenvalue weighted by atomic mass is 35.5. The summed E-state index contributed by atoms with van der Waals surface area (Å²) >= 11 is 5.80. The topological polar surface area (TPSA) is 56.8 Å². The molecule has 0 bridgehead atoms. The lowest BCUT2D eigenvalue weighted by molar-refractivity contribution is -0.123. The third-order valence-corrected chi connectivity index (χ3v) is 3.72. The maximum Gasteiger partial charge on any atom is 0.258 e. The summed E-state index contributed by atoms with van der Waals surface area (Å²) in [5, 5.41) is 3.50. The first-order valence-corrected chi connectivity index (χ1v) is 7.81. The van der Waals surface area contributed by atoms with E-state index in [1.54, 1.807) is 44.6 Å². The van der Waals surface area contributed by atoms with E-state index in [9.17, 15) is 4.79 Å². The van der Waals surface area contributed by atoms with E-state index in [1.165, 1.54) is 0 Å². The zero-order valence-electron chi connectivity index (χ0n) is 13.8. The zero-order valence-corrected chi connectivity index (χ0v) is 14.6. The van der Waals surface area contributed by atoms with Crippen molar-refractivity contribution in [3.05, 3.63) is 53.1 Å². The highest BCUT2D eigenvalue weighted by molar-refractivity contribution is 6.30. The Morgan fingerprint density at radius 2 is 1.75 bits per heavy atom. The van der Waals surface area contributed by atoms with Crippen molar-refractivity contribution in [2.45, 2.75) is 13.0 Å². The normalized spacial score (nSPS) is 11.5. The fraction of sp³-hybridized carbons (Fsp3) is 0.278. The molecule has 1 amide bonds. The molecule has 2 aromatic rings. The minimum Gasteiger partial charge on any atom is -0.493 e. The molecule has 0 aromatic heterocycles. The number of amides is 1. The average Bonchev–Trinajstić information content (AvgIpc) is 2.60. The van der Waals surface area contributed by atoms with Crippen molar-refractivity contribution in [1.82, 2.24) is 5.32 Å². The van der Waals surface area contributed by atoms with Gasteiger partial charge in [0, 0.05) is 5.02 Å². The Labute approximate surface area is 146 Å². The standard InChI is InChI=1S/C18H20ClNO4/c1-12(13-4-9-16(22-2)17(10-13)23-3)20-18(21)11-24-15-7-5-14(19)6-8-15/h4-10,12H,11H2,1-3H3,(H,20,21)/t12-/m0/s1. The number of carbonyl (C=O) groups is 1. The van der Waals surface area contributed by atoms with Gasteiger partial charge in [0.1, 0.15) is 5.75 Å². The molecule has 0 saturated carbocycles. The van der Waals surface area contributed by atoms with Gasteiger partial charge in [-0.1, -0.05) is 17.7 Å². The maximum atomic E-state index is 12.0. The quantitative estimate of drug-likeness (QED) is 0.829. The van der Waals surface area contributed by atoms with Crippen LogP contribution in [0.1, 0.15) is 18.5 Å². The van der Waals surface area contributed by atoms with Crippen molar-refractivity contribution in [3.8, 4) is 17.2 Å². The second-order valence-electron chi connectivity index (χ2n) is 5.15. The molecule has 5 nitrogen and oxygen atoms in total. The Morgan fingerprint density at radius 3 is 2.38 bits per heavy atom. The van der Waals surface area contributed by atoms with Crippen LogP contribution in [0.15, 0.2) is 42.5 Å². The van der Waals surface area contributed by atoms with E-state index in [4.69, 9.17) is 25.8 Å². The van der Waals surface area contributed by atoms with Gasteiger partial charge in [0.25, 0.3) is 5.91 Å². The minimum atomic E-state index is -0.216. The molecule has 0 unspecified atom stereocenters. The maximum absolute atomic E-state index is 12.0. The first kappa shape index (κ1) is 17.9. The third-order valence-electron chi connectivity index (χ3n) is 3.47. The molecule has 6 heteroatoms. The van der Waals surface area contributed by atoms with Crippen molar-refractivity contribution in [3.63, 3.8) is 0 Å². The van der Waals surface area contributed by atoms with Crippen LogP contribution in [0.3, 0.4) is 0 Å². The Kier molecular flexibility index (Phi) is 6.32. The van der Waals surface area contributed by atoms with Crippen LogP contribution in [0.2, 0.25) is 5.02 Å². The molecule has 0 aliphatic heterocycles. The third kappa shape index (κ3) is 4.80. The minimum absolute atomic E-state index is 0.0702. The van der Waals surface area contributed by atoms with Gasteiger partial charge in [-0.15, -0.1) is 0 Å². The van der Waals surface area contributed by atoms with Crippen molar-refractivity contribution in [2.75, 3.05) is 20.8 Å². The van der Waals surface area contributed by atoms with Crippen LogP contribution in [-0.2, 0) is 4.79 Å². The van der Waals surface area contributed by atoms with Crippen LogP contribution in [0, 0.1) is 0 Å². The number of ether oxygens (including phenoxy) is 3. The van der Waals surface area contributed by atoms with E-state index in [0.29, 0.717) is 22.3 Å². The first-order valence-electron chi connectivity index (χ1n) is 7.43. The van der Waals surface area contributed by atoms with E-state index < -0.39 is 0 Å². The van der Waals surface area contributed by atoms with E-state index >= 15 is 0 Å². The van der Waals surface area contributed by atoms with Crippen LogP contribution in [-0.4, -0.2) is 26.7 Å². The molecule has 0 heterocycles. The Balaban J connectivity index is 1.92. The number of hydrogen-bond donors (Lipinski definition) is 1. The lowest BCUT2D eigenvalue weighted by Crippen LogP contribution is -2.31. The summed E-state index contributed by atoms with van der Waals surface area (Å²) in [6.45, 7) is 1.82. The summed E-state index contributed by atoms with van der Waals surface area (Å²) in [5.41, 5.74) is 0.910. The molecule has 0 spiro atoms. The van der Waals surface area contributed by atoms with Crippen LogP contribution in [0.4, 0.5) is 0 Å². The lowest BCUT2D eigenvalue weighted by Gasteiger charge is -2.16. The monoisotopic (exact) mass is 349 g/mol. The molecule has 1 atom stereocenters. The fourth-order valence-electron chi connectivity index (χ4n) is 2.17. The number of halogens is 1. The highest BCUT2D eigenvalue weighted by Gasteiger charge is 2.13. The molecule has 24 heavy (non-hydrogen) atoms. The summed E-state index contributed by atoms with van der Waals surface area (Å²) in [6, 6.07) is 12.2. The molecule has 2 aromatic carbocycles. The second-order valence-corrected chi connectivity index (χ2v) is 5.58. The Hall–Kier alpha value is -2.40. The van der Waals surface area contributed by atoms with Gasteiger partial charge in [-0.05, 0) is 48.9 Å². The molecule has 0 aliphatic carbocycles. The van der Waals surface area contributed by atoms with Crippen LogP contribution in [0.25, 0.3) is 0 Å². The molecule has 128 valence electrons. The van der Waals surface area contributed by atoms with E-state index in [1.807, 2.05) is 19.1 Å². The highest BCUT2D eigenvalue weighted by Crippen LogP contribution is 2.29. The van der Waals surface area contributed by atoms with Crippen LogP contribution >= 0.6 is 11.6 Å². The smallest absolute Gasteiger partial charge is 0.258 e. The summed E-state index contributed by atoms with van der Waals surface area (Å²) in [6.07, 6.45) is 0. The zero-order chi connectivity index (χ0) is 17.5. The molecule has 0 aliphatic rings. The summed E-state index contributed by atoms with van der Waals surface area (Å²) in [4.78, 5) is 12.0. The second kappa shape index (κ2) is 8.45. The van der Waals surface area contributed by atoms with Crippen molar-refractivity contribution in [1.29, 1.82) is 0 Å². The summed E-state index contributed by atoms with van der Waals surface area (Å²) < 4.78 is 15.9. The molecule has 0 radical (unpaired) electrons. The predicted molar refractivity (Wildman–Crippen MR) is 93.1 cm³/mol. The predicted octanol–water partition coefficient (Wildman–Crippen LogP) is 3.61. The van der Waals surface area contributed by atoms with Gasteiger partial charge in [-0.3, -0.25) is 4.79 Å². The summed E-state index contributed by atoms with van der Waals surface area (Å²) in [5.74, 6) is 1.64. The van der Waals surface area contributed by atoms with E-state index in [-0.39, 0.29) is 18.6 Å². The van der Waals surface area contributed by atoms with Crippen LogP contribution in [0.5, 0.6) is 17.2 Å². The number of nitrogens with one attached hydrogen (secondary N) is 1. The first-order chi connectivity index (χ1) is 11.5. The molecular weight excluding hydrogens is 330 g/mol. The number of hydrogen-bond acceptors (Lipinski definition) is 4. The number of rotatable bonds is 7. The molecule has 0 fully saturated rings. The Morgan fingerprint density at radius 1 is 1.08 bits per heavy atom. The van der Waals surface area contributed by atoms with Crippen molar-refractivity contribution in [2.24, 2.45) is 0 Å². The van der Waals surface area contributed by atoms with Crippen LogP contribution < -0.4 is 19.5 Å². The number of methoxy groups -OCH3 is 2. The van der Waals surface area contributed by atoms with E-state index in [2.05, 4.69) is 5.32 Å². The summed E-state index contributed by atoms with van der Waals surface area (Å²) in [7, 11) is 3.15. The van der Waals surface area contributed by atoms with Gasteiger partial charge < -0.3 is 19.5 Å². The van der Waals surface area contributed by atoms with Gasteiger partial charge in [-0.2, -0.15) is 0 Å². The largest absolute Gasteiger partial charge is 0.493 e. The van der Waals surface area contributed by atoms with Gasteiger partial charge in [0.05, 0.1) is 20.3 Å². The number of carbonyl (C=O) groups excluding carboxylic acids is 1. The lowest BCUT2D eigenvalue weighted by atomic mass is 10.1. The Bertz CT molecular complexity index is 688. The number of benzene rings is 2. The van der Waals surface area contributed by atoms with Gasteiger partial charge >= 0.3 is 0 Å². The van der Waals surface area contributed by atoms with E-state index in [0.717, 1.165) is 5.56 Å². The fourth-order valence-corrected chi connectivity index (χ4v) is 2.29. The van der Waals surface area contributed by atoms with Gasteiger partial charge in [0.2, 0.25) is 0 Å². The molecular formula is C18H20ClNO4. The molecule has 1 N–H and O–H groups in total. The molecule has 0 saturated heterocycles. The molecule has 2 rings (SSSR count). The van der Waals surface area contributed by atoms with Crippen molar-refractivity contribution < 1.29 is 19.0 Å². The van der Waals surface area contributed by atoms with Crippen molar-refractivity contribution >= 4 is 17.5 Å². The van der Waals surface area contributed by atoms with Gasteiger partial charge in [-0.25, -0.2) is 0 Å².